The minimum atomic E-state index is -0.411. The number of aromatic nitrogens is 3. The fourth-order valence-electron chi connectivity index (χ4n) is 3.38. The third-order valence-corrected chi connectivity index (χ3v) is 6.39. The van der Waals surface area contributed by atoms with E-state index in [0.29, 0.717) is 23.2 Å². The topological polar surface area (TPSA) is 80.1 Å². The average Bonchev–Trinajstić information content (AvgIpc) is 3.36. The summed E-state index contributed by atoms with van der Waals surface area (Å²) >= 11 is 7.58. The van der Waals surface area contributed by atoms with Crippen LogP contribution in [-0.4, -0.2) is 37.8 Å². The van der Waals surface area contributed by atoms with Crippen LogP contribution in [-0.2, 0) is 23.2 Å². The zero-order chi connectivity index (χ0) is 20.5. The van der Waals surface area contributed by atoms with E-state index in [0.717, 1.165) is 22.0 Å². The molecule has 1 fully saturated rings. The number of imidazole rings is 1. The van der Waals surface area contributed by atoms with Gasteiger partial charge in [-0.15, -0.1) is 0 Å². The van der Waals surface area contributed by atoms with E-state index in [2.05, 4.69) is 15.3 Å². The van der Waals surface area contributed by atoms with Crippen molar-refractivity contribution in [1.29, 1.82) is 0 Å². The van der Waals surface area contributed by atoms with E-state index < -0.39 is 5.92 Å². The average molecular weight is 430 g/mol. The van der Waals surface area contributed by atoms with Crippen LogP contribution in [0.1, 0.15) is 17.7 Å². The number of nitrogens with one attached hydrogen (secondary N) is 1. The summed E-state index contributed by atoms with van der Waals surface area (Å²) in [5, 5.41) is 4.00. The third kappa shape index (κ3) is 4.04. The summed E-state index contributed by atoms with van der Waals surface area (Å²) in [6.45, 7) is 2.66. The van der Waals surface area contributed by atoms with E-state index >= 15 is 0 Å². The van der Waals surface area contributed by atoms with Crippen LogP contribution in [0.4, 0.5) is 5.13 Å². The summed E-state index contributed by atoms with van der Waals surface area (Å²) in [7, 11) is 1.91. The van der Waals surface area contributed by atoms with Crippen LogP contribution in [0.25, 0.3) is 10.7 Å². The quantitative estimate of drug-likeness (QED) is 0.673. The SMILES string of the molecule is Cc1nc(NC(=O)C2CC(=O)N(Cc3ccccc3Cl)C2)sc1-c1nccn1C. The second-order valence-corrected chi connectivity index (χ2v) is 8.46. The summed E-state index contributed by atoms with van der Waals surface area (Å²) < 4.78 is 1.91. The minimum absolute atomic E-state index is 0.0471. The number of amides is 2. The highest BCUT2D eigenvalue weighted by Gasteiger charge is 2.35. The molecule has 9 heteroatoms. The second kappa shape index (κ2) is 7.96. The number of carbonyl (C=O) groups is 2. The van der Waals surface area contributed by atoms with Gasteiger partial charge in [-0.1, -0.05) is 41.1 Å². The van der Waals surface area contributed by atoms with Gasteiger partial charge < -0.3 is 14.8 Å². The first-order valence-electron chi connectivity index (χ1n) is 9.19. The van der Waals surface area contributed by atoms with Crippen molar-refractivity contribution in [2.75, 3.05) is 11.9 Å². The maximum atomic E-state index is 12.7. The Bertz CT molecular complexity index is 1080. The fourth-order valence-corrected chi connectivity index (χ4v) is 4.59. The molecule has 1 N–H and O–H groups in total. The molecule has 0 bridgehead atoms. The van der Waals surface area contributed by atoms with Crippen molar-refractivity contribution in [3.8, 4) is 10.7 Å². The monoisotopic (exact) mass is 429 g/mol. The summed E-state index contributed by atoms with van der Waals surface area (Å²) in [5.41, 5.74) is 1.68. The van der Waals surface area contributed by atoms with Crippen LogP contribution in [0.15, 0.2) is 36.7 Å². The Kier molecular flexibility index (Phi) is 5.38. The number of thiazole rings is 1. The normalized spacial score (nSPS) is 16.4. The molecule has 2 aromatic heterocycles. The molecule has 4 rings (SSSR count). The fraction of sp³-hybridized carbons (Fsp3) is 0.300. The molecule has 1 atom stereocenters. The molecule has 0 saturated carbocycles. The maximum Gasteiger partial charge on any atom is 0.231 e. The van der Waals surface area contributed by atoms with Crippen LogP contribution in [0, 0.1) is 12.8 Å². The van der Waals surface area contributed by atoms with Gasteiger partial charge in [-0.3, -0.25) is 9.59 Å². The van der Waals surface area contributed by atoms with Crippen LogP contribution in [0.5, 0.6) is 0 Å². The molecule has 1 unspecified atom stereocenters. The van der Waals surface area contributed by atoms with E-state index in [4.69, 9.17) is 11.6 Å². The molecule has 0 radical (unpaired) electrons. The number of aryl methyl sites for hydroxylation is 2. The van der Waals surface area contributed by atoms with Gasteiger partial charge in [0.05, 0.1) is 16.5 Å². The van der Waals surface area contributed by atoms with Gasteiger partial charge in [-0.2, -0.15) is 0 Å². The Morgan fingerprint density at radius 1 is 1.38 bits per heavy atom. The zero-order valence-corrected chi connectivity index (χ0v) is 17.6. The van der Waals surface area contributed by atoms with Crippen LogP contribution in [0.3, 0.4) is 0 Å². The number of carbonyl (C=O) groups excluding carboxylic acids is 2. The van der Waals surface area contributed by atoms with E-state index in [1.54, 1.807) is 17.2 Å². The Balaban J connectivity index is 1.43. The van der Waals surface area contributed by atoms with Gasteiger partial charge in [-0.05, 0) is 18.6 Å². The van der Waals surface area contributed by atoms with E-state index in [9.17, 15) is 9.59 Å². The lowest BCUT2D eigenvalue weighted by Crippen LogP contribution is -2.28. The molecular weight excluding hydrogens is 410 g/mol. The summed E-state index contributed by atoms with van der Waals surface area (Å²) in [6, 6.07) is 7.42. The number of rotatable bonds is 5. The van der Waals surface area contributed by atoms with Crippen molar-refractivity contribution >= 4 is 39.9 Å². The first kappa shape index (κ1) is 19.6. The van der Waals surface area contributed by atoms with E-state index in [-0.39, 0.29) is 18.2 Å². The molecule has 1 aliphatic rings. The van der Waals surface area contributed by atoms with Crippen molar-refractivity contribution < 1.29 is 9.59 Å². The number of nitrogens with zero attached hydrogens (tertiary/aromatic N) is 4. The summed E-state index contributed by atoms with van der Waals surface area (Å²) in [6.07, 6.45) is 3.78. The van der Waals surface area contributed by atoms with Gasteiger partial charge >= 0.3 is 0 Å². The Labute approximate surface area is 177 Å². The Morgan fingerprint density at radius 2 is 2.17 bits per heavy atom. The molecule has 3 heterocycles. The Hall–Kier alpha value is -2.71. The molecule has 1 saturated heterocycles. The van der Waals surface area contributed by atoms with Crippen molar-refractivity contribution in [2.45, 2.75) is 19.9 Å². The largest absolute Gasteiger partial charge is 0.337 e. The number of benzene rings is 1. The number of hydrogen-bond donors (Lipinski definition) is 1. The standard InChI is InChI=1S/C20H20ClN5O2S/c1-12-17(18-22-7-8-25(18)2)29-20(23-12)24-19(28)14-9-16(27)26(11-14)10-13-5-3-4-6-15(13)21/h3-8,14H,9-11H2,1-2H3,(H,23,24,28). The van der Waals surface area contributed by atoms with Crippen molar-refractivity contribution in [2.24, 2.45) is 13.0 Å². The highest BCUT2D eigenvalue weighted by Crippen LogP contribution is 2.32. The van der Waals surface area contributed by atoms with Gasteiger partial charge in [0.2, 0.25) is 11.8 Å². The molecule has 3 aromatic rings. The molecular formula is C20H20ClN5O2S. The van der Waals surface area contributed by atoms with Gasteiger partial charge in [0.25, 0.3) is 0 Å². The molecule has 0 aliphatic carbocycles. The van der Waals surface area contributed by atoms with Crippen LogP contribution >= 0.6 is 22.9 Å². The highest BCUT2D eigenvalue weighted by atomic mass is 35.5. The first-order valence-corrected chi connectivity index (χ1v) is 10.4. The second-order valence-electron chi connectivity index (χ2n) is 7.05. The predicted molar refractivity (Wildman–Crippen MR) is 113 cm³/mol. The lowest BCUT2D eigenvalue weighted by Gasteiger charge is -2.17. The van der Waals surface area contributed by atoms with Crippen molar-refractivity contribution in [1.82, 2.24) is 19.4 Å². The first-order chi connectivity index (χ1) is 13.9. The van der Waals surface area contributed by atoms with Gasteiger partial charge in [-0.25, -0.2) is 9.97 Å². The van der Waals surface area contributed by atoms with Crippen LogP contribution < -0.4 is 5.32 Å². The van der Waals surface area contributed by atoms with E-state index in [1.165, 1.54) is 11.3 Å². The smallest absolute Gasteiger partial charge is 0.231 e. The molecule has 1 aromatic carbocycles. The lowest BCUT2D eigenvalue weighted by molar-refractivity contribution is -0.128. The summed E-state index contributed by atoms with van der Waals surface area (Å²) in [4.78, 5) is 36.5. The number of halogens is 1. The molecule has 1 aliphatic heterocycles. The maximum absolute atomic E-state index is 12.7. The molecule has 7 nitrogen and oxygen atoms in total. The van der Waals surface area contributed by atoms with Crippen LogP contribution in [0.2, 0.25) is 5.02 Å². The number of hydrogen-bond acceptors (Lipinski definition) is 5. The van der Waals surface area contributed by atoms with Crippen molar-refractivity contribution in [3.63, 3.8) is 0 Å². The van der Waals surface area contributed by atoms with Gasteiger partial charge in [0.1, 0.15) is 0 Å². The molecule has 0 spiro atoms. The van der Waals surface area contributed by atoms with Gasteiger partial charge in [0.15, 0.2) is 11.0 Å². The predicted octanol–water partition coefficient (Wildman–Crippen LogP) is 3.49. The molecule has 2 amide bonds. The Morgan fingerprint density at radius 3 is 2.90 bits per heavy atom. The molecule has 29 heavy (non-hydrogen) atoms. The highest BCUT2D eigenvalue weighted by molar-refractivity contribution is 7.19. The minimum Gasteiger partial charge on any atom is -0.337 e. The lowest BCUT2D eigenvalue weighted by atomic mass is 10.1. The number of likely N-dealkylation sites (tertiary alicyclic amines) is 1. The molecule has 150 valence electrons. The number of anilines is 1. The zero-order valence-electron chi connectivity index (χ0n) is 16.1. The van der Waals surface area contributed by atoms with Crippen molar-refractivity contribution in [3.05, 3.63) is 52.9 Å². The third-order valence-electron chi connectivity index (χ3n) is 4.96. The summed E-state index contributed by atoms with van der Waals surface area (Å²) in [5.74, 6) is 0.155. The van der Waals surface area contributed by atoms with E-state index in [1.807, 2.05) is 42.9 Å². The van der Waals surface area contributed by atoms with Gasteiger partial charge in [0, 0.05) is 44.0 Å².